The first-order valence-electron chi connectivity index (χ1n) is 23.2. The summed E-state index contributed by atoms with van der Waals surface area (Å²) >= 11 is 0. The summed E-state index contributed by atoms with van der Waals surface area (Å²) in [5.74, 6) is -0.323. The third kappa shape index (κ3) is 45.0. The minimum absolute atomic E-state index is 0.0838. The molecule has 0 aliphatic carbocycles. The third-order valence-corrected chi connectivity index (χ3v) is 10.5. The molecule has 0 aromatic carbocycles. The molecule has 0 spiro atoms. The lowest BCUT2D eigenvalue weighted by Gasteiger charge is -2.24. The fourth-order valence-corrected chi connectivity index (χ4v) is 6.71. The Morgan fingerprint density at radius 2 is 1.00 bits per heavy atom. The number of carbonyl (C=O) groups excluding carboxylic acids is 1. The predicted octanol–water partition coefficient (Wildman–Crippen LogP) is 13.9. The molecule has 9 heteroatoms. The zero-order chi connectivity index (χ0) is 42.7. The van der Waals surface area contributed by atoms with Gasteiger partial charge < -0.3 is 18.9 Å². The van der Waals surface area contributed by atoms with Gasteiger partial charge in [-0.15, -0.1) is 0 Å². The highest BCUT2D eigenvalue weighted by Crippen LogP contribution is 2.43. The van der Waals surface area contributed by atoms with Gasteiger partial charge in [0.05, 0.1) is 34.4 Å². The molecule has 0 saturated carbocycles. The molecule has 0 aliphatic rings. The molecule has 336 valence electrons. The lowest BCUT2D eigenvalue weighted by molar-refractivity contribution is -0.870. The summed E-state index contributed by atoms with van der Waals surface area (Å²) in [6.45, 7) is 5.46. The van der Waals surface area contributed by atoms with E-state index in [9.17, 15) is 14.3 Å². The van der Waals surface area contributed by atoms with Crippen LogP contribution in [0.5, 0.6) is 0 Å². The Bertz CT molecular complexity index is 1150. The first-order valence-corrected chi connectivity index (χ1v) is 24.7. The highest BCUT2D eigenvalue weighted by molar-refractivity contribution is 7.47. The molecule has 0 aromatic rings. The van der Waals surface area contributed by atoms with Crippen LogP contribution in [0.3, 0.4) is 0 Å². The van der Waals surface area contributed by atoms with Crippen LogP contribution < -0.4 is 0 Å². The molecule has 0 saturated heterocycles. The van der Waals surface area contributed by atoms with Gasteiger partial charge in [-0.3, -0.25) is 13.8 Å². The summed E-state index contributed by atoms with van der Waals surface area (Å²) in [5, 5.41) is 0. The fraction of sp³-hybridized carbons (Fsp3) is 0.735. The van der Waals surface area contributed by atoms with Gasteiger partial charge in [-0.2, -0.15) is 0 Å². The van der Waals surface area contributed by atoms with E-state index in [-0.39, 0.29) is 25.8 Å². The quantitative estimate of drug-likeness (QED) is 0.0215. The van der Waals surface area contributed by atoms with Gasteiger partial charge in [0.25, 0.3) is 0 Å². The normalized spacial score (nSPS) is 14.4. The molecular formula is C49H89NO7P+. The number of carbonyl (C=O) groups is 1. The van der Waals surface area contributed by atoms with E-state index < -0.39 is 13.9 Å². The summed E-state index contributed by atoms with van der Waals surface area (Å²) in [6, 6.07) is 0. The van der Waals surface area contributed by atoms with Gasteiger partial charge in [0.2, 0.25) is 0 Å². The molecule has 58 heavy (non-hydrogen) atoms. The number of phosphoric ester groups is 1. The summed E-state index contributed by atoms with van der Waals surface area (Å²) in [5.41, 5.74) is 0. The number of hydrogen-bond donors (Lipinski definition) is 1. The van der Waals surface area contributed by atoms with Crippen molar-refractivity contribution in [2.45, 2.75) is 180 Å². The van der Waals surface area contributed by atoms with E-state index in [4.69, 9.17) is 18.5 Å². The smallest absolute Gasteiger partial charge is 0.457 e. The molecule has 0 rings (SSSR count). The number of likely N-dealkylation sites (N-methyl/N-ethyl adjacent to an activating group) is 1. The lowest BCUT2D eigenvalue weighted by atomic mass is 10.1. The lowest BCUT2D eigenvalue weighted by Crippen LogP contribution is -2.37. The first-order chi connectivity index (χ1) is 28.1. The number of phosphoric acid groups is 1. The monoisotopic (exact) mass is 835 g/mol. The number of nitrogens with zero attached hydrogens (tertiary/aromatic N) is 1. The molecule has 1 N–H and O–H groups in total. The Morgan fingerprint density at radius 1 is 0.552 bits per heavy atom. The highest BCUT2D eigenvalue weighted by atomic mass is 31.2. The average molecular weight is 835 g/mol. The van der Waals surface area contributed by atoms with Crippen molar-refractivity contribution in [3.63, 3.8) is 0 Å². The number of rotatable bonds is 42. The summed E-state index contributed by atoms with van der Waals surface area (Å²) in [6.07, 6.45) is 53.7. The highest BCUT2D eigenvalue weighted by Gasteiger charge is 2.26. The van der Waals surface area contributed by atoms with Crippen LogP contribution in [0.2, 0.25) is 0 Å². The van der Waals surface area contributed by atoms with E-state index >= 15 is 0 Å². The van der Waals surface area contributed by atoms with Crippen molar-refractivity contribution in [2.24, 2.45) is 0 Å². The maximum atomic E-state index is 12.6. The van der Waals surface area contributed by atoms with Crippen LogP contribution >= 0.6 is 7.82 Å². The van der Waals surface area contributed by atoms with Crippen LogP contribution in [-0.2, 0) is 27.9 Å². The van der Waals surface area contributed by atoms with Crippen molar-refractivity contribution in [2.75, 3.05) is 54.1 Å². The van der Waals surface area contributed by atoms with E-state index in [1.54, 1.807) is 0 Å². The van der Waals surface area contributed by atoms with E-state index in [0.29, 0.717) is 24.1 Å². The zero-order valence-electron chi connectivity index (χ0n) is 38.0. The Kier molecular flexibility index (Phi) is 40.2. The van der Waals surface area contributed by atoms with Gasteiger partial charge in [0, 0.05) is 13.0 Å². The van der Waals surface area contributed by atoms with Crippen molar-refractivity contribution in [1.29, 1.82) is 0 Å². The third-order valence-electron chi connectivity index (χ3n) is 9.53. The van der Waals surface area contributed by atoms with Gasteiger partial charge in [-0.1, -0.05) is 177 Å². The number of quaternary nitrogens is 1. The molecule has 0 heterocycles. The summed E-state index contributed by atoms with van der Waals surface area (Å²) in [7, 11) is 1.65. The Hall–Kier alpha value is -2.06. The Balaban J connectivity index is 4.13. The van der Waals surface area contributed by atoms with E-state index in [0.717, 1.165) is 77.0 Å². The average Bonchev–Trinajstić information content (AvgIpc) is 3.18. The summed E-state index contributed by atoms with van der Waals surface area (Å²) in [4.78, 5) is 22.8. The second-order valence-corrected chi connectivity index (χ2v) is 17.9. The molecule has 0 aromatic heterocycles. The number of allylic oxidation sites excluding steroid dienone is 12. The van der Waals surface area contributed by atoms with Crippen LogP contribution in [0, 0.1) is 0 Å². The minimum atomic E-state index is -4.28. The molecule has 2 atom stereocenters. The first kappa shape index (κ1) is 55.9. The molecular weight excluding hydrogens is 746 g/mol. The van der Waals surface area contributed by atoms with Crippen LogP contribution in [0.4, 0.5) is 0 Å². The molecule has 0 radical (unpaired) electrons. The Morgan fingerprint density at radius 3 is 1.50 bits per heavy atom. The molecule has 8 nitrogen and oxygen atoms in total. The maximum absolute atomic E-state index is 12.6. The van der Waals surface area contributed by atoms with E-state index in [1.165, 1.54) is 77.0 Å². The molecule has 0 aliphatic heterocycles. The second kappa shape index (κ2) is 41.7. The van der Waals surface area contributed by atoms with Gasteiger partial charge in [0.1, 0.15) is 19.3 Å². The largest absolute Gasteiger partial charge is 0.472 e. The van der Waals surface area contributed by atoms with E-state index in [1.807, 2.05) is 21.1 Å². The summed E-state index contributed by atoms with van der Waals surface area (Å²) < 4.78 is 35.0. The fourth-order valence-electron chi connectivity index (χ4n) is 5.97. The van der Waals surface area contributed by atoms with Gasteiger partial charge >= 0.3 is 13.8 Å². The molecule has 0 bridgehead atoms. The standard InChI is InChI=1S/C49H88NO7P/c1-6-8-10-12-14-16-18-19-20-21-22-23-24-25-26-27-28-29-30-31-32-33-35-37-39-41-44-54-46-48(47-56-58(52,53)55-45-43-50(3,4)5)57-49(51)42-40-38-36-34-17-15-13-11-9-7-2/h8,10,14,16,19-20,22-23,25-26,28-29,48H,6-7,9,11-13,15,17-18,21,24,27,30-47H2,1-5H3/p+1/b10-8-,16-14-,20-19-,23-22-,26-25-,29-28-. The SMILES string of the molecule is CC/C=C\C/C=C\C/C=C\C/C=C\C/C=C\C/C=C\CCCCCCCCCOCC(COP(=O)(O)OCC[N+](C)(C)C)OC(=O)CCCCCCCCCCCC. The van der Waals surface area contributed by atoms with Crippen molar-refractivity contribution in [1.82, 2.24) is 0 Å². The van der Waals surface area contributed by atoms with Gasteiger partial charge in [-0.25, -0.2) is 4.57 Å². The van der Waals surface area contributed by atoms with Crippen molar-refractivity contribution in [3.05, 3.63) is 72.9 Å². The maximum Gasteiger partial charge on any atom is 0.472 e. The van der Waals surface area contributed by atoms with Crippen molar-refractivity contribution in [3.8, 4) is 0 Å². The van der Waals surface area contributed by atoms with Crippen molar-refractivity contribution < 1.29 is 37.3 Å². The number of unbranched alkanes of at least 4 members (excludes halogenated alkanes) is 16. The Labute approximate surface area is 357 Å². The molecule has 2 unspecified atom stereocenters. The number of esters is 1. The van der Waals surface area contributed by atoms with Gasteiger partial charge in [0.15, 0.2) is 0 Å². The topological polar surface area (TPSA) is 91.3 Å². The zero-order valence-corrected chi connectivity index (χ0v) is 38.9. The predicted molar refractivity (Wildman–Crippen MR) is 247 cm³/mol. The van der Waals surface area contributed by atoms with E-state index in [2.05, 4.69) is 86.8 Å². The number of ether oxygens (including phenoxy) is 2. The van der Waals surface area contributed by atoms with Crippen LogP contribution in [0.25, 0.3) is 0 Å². The minimum Gasteiger partial charge on any atom is -0.457 e. The molecule has 0 amide bonds. The van der Waals surface area contributed by atoms with Gasteiger partial charge in [-0.05, 0) is 64.2 Å². The van der Waals surface area contributed by atoms with Crippen LogP contribution in [0.1, 0.15) is 174 Å². The number of hydrogen-bond acceptors (Lipinski definition) is 6. The second-order valence-electron chi connectivity index (χ2n) is 16.4. The van der Waals surface area contributed by atoms with Crippen LogP contribution in [0.15, 0.2) is 72.9 Å². The molecule has 0 fully saturated rings. The van der Waals surface area contributed by atoms with Crippen molar-refractivity contribution >= 4 is 13.8 Å². The van der Waals surface area contributed by atoms with Crippen LogP contribution in [-0.4, -0.2) is 75.6 Å².